The fourth-order valence-corrected chi connectivity index (χ4v) is 3.37. The molecule has 1 aliphatic heterocycles. The minimum Gasteiger partial charge on any atom is -0.363 e. The Hall–Kier alpha value is -2.22. The van der Waals surface area contributed by atoms with Gasteiger partial charge in [0.1, 0.15) is 17.6 Å². The highest BCUT2D eigenvalue weighted by molar-refractivity contribution is 7.11. The number of nitrogens with one attached hydrogen (secondary N) is 3. The molecule has 8 heteroatoms. The van der Waals surface area contributed by atoms with Gasteiger partial charge in [-0.3, -0.25) is 4.79 Å². The van der Waals surface area contributed by atoms with Crippen molar-refractivity contribution in [2.75, 3.05) is 16.0 Å². The van der Waals surface area contributed by atoms with Gasteiger partial charge in [0.25, 0.3) is 0 Å². The van der Waals surface area contributed by atoms with Gasteiger partial charge in [-0.15, -0.1) is 11.3 Å². The van der Waals surface area contributed by atoms with Gasteiger partial charge in [0.15, 0.2) is 11.6 Å². The fraction of sp³-hybridized carbons (Fsp3) is 0.500. The summed E-state index contributed by atoms with van der Waals surface area (Å²) >= 11 is 1.64. The zero-order valence-electron chi connectivity index (χ0n) is 14.3. The summed E-state index contributed by atoms with van der Waals surface area (Å²) in [6.07, 6.45) is 2.77. The van der Waals surface area contributed by atoms with Crippen molar-refractivity contribution < 1.29 is 4.79 Å². The summed E-state index contributed by atoms with van der Waals surface area (Å²) in [4.78, 5) is 26.7. The molecule has 7 nitrogen and oxygen atoms in total. The third kappa shape index (κ3) is 3.33. The van der Waals surface area contributed by atoms with E-state index in [4.69, 9.17) is 0 Å². The van der Waals surface area contributed by atoms with E-state index in [-0.39, 0.29) is 17.9 Å². The molecule has 0 bridgehead atoms. The van der Waals surface area contributed by atoms with Crippen molar-refractivity contribution in [2.45, 2.75) is 46.7 Å². The van der Waals surface area contributed by atoms with Gasteiger partial charge in [-0.25, -0.2) is 15.0 Å². The number of anilines is 3. The number of nitrogens with zero attached hydrogens (tertiary/aromatic N) is 3. The monoisotopic (exact) mass is 346 g/mol. The van der Waals surface area contributed by atoms with Crippen LogP contribution in [0, 0.1) is 19.8 Å². The third-order valence-corrected chi connectivity index (χ3v) is 5.07. The number of hydrogen-bond acceptors (Lipinski definition) is 7. The Morgan fingerprint density at radius 3 is 2.83 bits per heavy atom. The molecule has 0 aromatic carbocycles. The second-order valence-corrected chi connectivity index (χ2v) is 7.36. The molecule has 0 spiro atoms. The molecule has 2 atom stereocenters. The highest BCUT2D eigenvalue weighted by Crippen LogP contribution is 2.33. The molecule has 0 saturated carbocycles. The number of carbonyl (C=O) groups excluding carboxylic acids is 1. The molecule has 128 valence electrons. The minimum absolute atomic E-state index is 0.0408. The molecule has 0 radical (unpaired) electrons. The quantitative estimate of drug-likeness (QED) is 0.771. The maximum atomic E-state index is 12.4. The van der Waals surface area contributed by atoms with Crippen molar-refractivity contribution in [3.05, 3.63) is 21.9 Å². The summed E-state index contributed by atoms with van der Waals surface area (Å²) in [5.74, 6) is 2.15. The molecule has 2 aromatic rings. The molecule has 0 saturated heterocycles. The lowest BCUT2D eigenvalue weighted by molar-refractivity contribution is -0.118. The van der Waals surface area contributed by atoms with Crippen LogP contribution in [0.4, 0.5) is 17.3 Å². The van der Waals surface area contributed by atoms with E-state index < -0.39 is 0 Å². The zero-order valence-corrected chi connectivity index (χ0v) is 15.1. The van der Waals surface area contributed by atoms with Crippen molar-refractivity contribution in [1.82, 2.24) is 15.0 Å². The number of fused-ring (bicyclic) bond motifs is 1. The van der Waals surface area contributed by atoms with Gasteiger partial charge in [-0.2, -0.15) is 0 Å². The Kier molecular flexibility index (Phi) is 4.66. The van der Waals surface area contributed by atoms with E-state index in [0.717, 1.165) is 16.3 Å². The van der Waals surface area contributed by atoms with Crippen molar-refractivity contribution >= 4 is 34.6 Å². The number of carbonyl (C=O) groups is 1. The second kappa shape index (κ2) is 6.72. The number of amides is 1. The molecule has 1 amide bonds. The molecule has 2 unspecified atom stereocenters. The molecular weight excluding hydrogens is 324 g/mol. The average Bonchev–Trinajstić information content (AvgIpc) is 2.97. The van der Waals surface area contributed by atoms with Crippen LogP contribution in [0.15, 0.2) is 6.20 Å². The summed E-state index contributed by atoms with van der Waals surface area (Å²) in [6, 6.07) is -0.270. The van der Waals surface area contributed by atoms with Crippen LogP contribution in [0.3, 0.4) is 0 Å². The molecule has 0 fully saturated rings. The summed E-state index contributed by atoms with van der Waals surface area (Å²) in [5, 5.41) is 10.5. The van der Waals surface area contributed by atoms with Crippen molar-refractivity contribution in [2.24, 2.45) is 5.92 Å². The maximum absolute atomic E-state index is 12.4. The largest absolute Gasteiger partial charge is 0.363 e. The van der Waals surface area contributed by atoms with Crippen LogP contribution in [0.25, 0.3) is 0 Å². The number of aromatic nitrogens is 3. The van der Waals surface area contributed by atoms with E-state index in [0.29, 0.717) is 29.7 Å². The standard InChI is InChI=1S/C16H22N6OS/c1-5-8(2)12-16(23)22-13-14(19-9(3)20-15(13)21-12)18-7-11-6-17-10(4)24-11/h6,8,12H,5,7H2,1-4H3,(H,22,23)(H2,18,19,20,21). The Balaban J connectivity index is 1.84. The van der Waals surface area contributed by atoms with Gasteiger partial charge >= 0.3 is 0 Å². The molecule has 2 aromatic heterocycles. The molecule has 1 aliphatic rings. The Morgan fingerprint density at radius 1 is 1.38 bits per heavy atom. The van der Waals surface area contributed by atoms with Gasteiger partial charge in [0.2, 0.25) is 5.91 Å². The minimum atomic E-state index is -0.270. The first-order valence-corrected chi connectivity index (χ1v) is 8.90. The predicted molar refractivity (Wildman–Crippen MR) is 96.4 cm³/mol. The van der Waals surface area contributed by atoms with E-state index in [1.54, 1.807) is 11.3 Å². The van der Waals surface area contributed by atoms with Crippen LogP contribution in [0.2, 0.25) is 0 Å². The average molecular weight is 346 g/mol. The Morgan fingerprint density at radius 2 is 2.17 bits per heavy atom. The maximum Gasteiger partial charge on any atom is 0.247 e. The summed E-state index contributed by atoms with van der Waals surface area (Å²) < 4.78 is 0. The molecule has 3 rings (SSSR count). The topological polar surface area (TPSA) is 91.8 Å². The summed E-state index contributed by atoms with van der Waals surface area (Å²) in [7, 11) is 0. The highest BCUT2D eigenvalue weighted by atomic mass is 32.1. The van der Waals surface area contributed by atoms with Crippen molar-refractivity contribution in [3.63, 3.8) is 0 Å². The first-order valence-electron chi connectivity index (χ1n) is 8.09. The number of rotatable bonds is 5. The van der Waals surface area contributed by atoms with Crippen LogP contribution in [-0.2, 0) is 11.3 Å². The van der Waals surface area contributed by atoms with Gasteiger partial charge in [-0.05, 0) is 19.8 Å². The highest BCUT2D eigenvalue weighted by Gasteiger charge is 2.32. The van der Waals surface area contributed by atoms with Gasteiger partial charge < -0.3 is 16.0 Å². The van der Waals surface area contributed by atoms with Gasteiger partial charge in [-0.1, -0.05) is 20.3 Å². The lowest BCUT2D eigenvalue weighted by Gasteiger charge is -2.30. The number of thiazole rings is 1. The van der Waals surface area contributed by atoms with E-state index in [1.807, 2.05) is 20.0 Å². The van der Waals surface area contributed by atoms with Gasteiger partial charge in [0.05, 0.1) is 11.6 Å². The van der Waals surface area contributed by atoms with Gasteiger partial charge in [0, 0.05) is 11.1 Å². The van der Waals surface area contributed by atoms with Crippen molar-refractivity contribution in [3.8, 4) is 0 Å². The predicted octanol–water partition coefficient (Wildman–Crippen LogP) is 2.94. The molecular formula is C16H22N6OS. The molecule has 3 N–H and O–H groups in total. The smallest absolute Gasteiger partial charge is 0.247 e. The zero-order chi connectivity index (χ0) is 17.3. The van der Waals surface area contributed by atoms with E-state index >= 15 is 0 Å². The molecule has 3 heterocycles. The first kappa shape index (κ1) is 16.6. The molecule has 0 aliphatic carbocycles. The lowest BCUT2D eigenvalue weighted by atomic mass is 9.97. The normalized spacial score (nSPS) is 17.7. The lowest BCUT2D eigenvalue weighted by Crippen LogP contribution is -2.43. The van der Waals surface area contributed by atoms with Crippen LogP contribution < -0.4 is 16.0 Å². The Bertz CT molecular complexity index is 759. The SMILES string of the molecule is CCC(C)C1Nc2nc(C)nc(NCc3cnc(C)s3)c2NC1=O. The van der Waals surface area contributed by atoms with Crippen LogP contribution in [0.5, 0.6) is 0 Å². The Labute approximate surface area is 145 Å². The summed E-state index contributed by atoms with van der Waals surface area (Å²) in [6.45, 7) is 8.56. The van der Waals surface area contributed by atoms with Crippen LogP contribution in [0.1, 0.15) is 36.0 Å². The second-order valence-electron chi connectivity index (χ2n) is 6.04. The van der Waals surface area contributed by atoms with E-state index in [2.05, 4.69) is 44.7 Å². The van der Waals surface area contributed by atoms with Crippen LogP contribution in [-0.4, -0.2) is 26.9 Å². The van der Waals surface area contributed by atoms with E-state index in [9.17, 15) is 4.79 Å². The molecule has 24 heavy (non-hydrogen) atoms. The summed E-state index contributed by atoms with van der Waals surface area (Å²) in [5.41, 5.74) is 0.617. The number of aryl methyl sites for hydroxylation is 2. The fourth-order valence-electron chi connectivity index (χ4n) is 2.63. The first-order chi connectivity index (χ1) is 11.5. The van der Waals surface area contributed by atoms with Crippen LogP contribution >= 0.6 is 11.3 Å². The van der Waals surface area contributed by atoms with E-state index in [1.165, 1.54) is 0 Å². The third-order valence-electron chi connectivity index (χ3n) is 4.16. The van der Waals surface area contributed by atoms with Crippen molar-refractivity contribution in [1.29, 1.82) is 0 Å². The number of hydrogen-bond donors (Lipinski definition) is 3.